The fraction of sp³-hybridized carbons (Fsp3) is 0. The van der Waals surface area contributed by atoms with Crippen LogP contribution in [0.5, 0.6) is 0 Å². The summed E-state index contributed by atoms with van der Waals surface area (Å²) in [5, 5.41) is 0. The molecule has 2 nitrogen and oxygen atoms in total. The Kier molecular flexibility index (Phi) is 8.26. The van der Waals surface area contributed by atoms with Crippen molar-refractivity contribution in [1.82, 2.24) is 9.97 Å². The van der Waals surface area contributed by atoms with Crippen LogP contribution in [0.2, 0.25) is 0 Å². The van der Waals surface area contributed by atoms with Gasteiger partial charge >= 0.3 is 36.8 Å². The number of rotatable bonds is 0. The molecule has 1 aromatic rings. The fourth-order valence-electron chi connectivity index (χ4n) is 0.215. The van der Waals surface area contributed by atoms with Gasteiger partial charge < -0.3 is 22.2 Å². The van der Waals surface area contributed by atoms with E-state index >= 15 is 0 Å². The molecule has 0 radical (unpaired) electrons. The van der Waals surface area contributed by atoms with Crippen molar-refractivity contribution in [3.63, 3.8) is 0 Å². The number of nitrogens with zero attached hydrogens (tertiary/aromatic N) is 1. The van der Waals surface area contributed by atoms with Crippen LogP contribution in [0.1, 0.15) is 0 Å². The first-order chi connectivity index (χ1) is 4.50. The Morgan fingerprint density at radius 3 is 1.73 bits per heavy atom. The van der Waals surface area contributed by atoms with Gasteiger partial charge in [-0.05, 0) is 0 Å². The summed E-state index contributed by atoms with van der Waals surface area (Å²) < 4.78 is 39.0. The van der Waals surface area contributed by atoms with Gasteiger partial charge in [-0.1, -0.05) is 0 Å². The Balaban J connectivity index is 0. The Labute approximate surface area is 82.8 Å². The van der Waals surface area contributed by atoms with Gasteiger partial charge in [0.2, 0.25) is 0 Å². The predicted octanol–water partition coefficient (Wildman–Crippen LogP) is -1.29. The number of H-pyrrole nitrogens is 1. The van der Waals surface area contributed by atoms with Crippen LogP contribution in [0, 0.1) is 0 Å². The normalized spacial score (nSPS) is 9.09. The molecule has 0 amide bonds. The Morgan fingerprint density at radius 1 is 1.18 bits per heavy atom. The van der Waals surface area contributed by atoms with E-state index in [0.29, 0.717) is 0 Å². The summed E-state index contributed by atoms with van der Waals surface area (Å²) in [6.45, 7) is 0. The van der Waals surface area contributed by atoms with E-state index in [1.54, 1.807) is 18.7 Å². The molecule has 0 bridgehead atoms. The molecule has 0 aliphatic heterocycles. The summed E-state index contributed by atoms with van der Waals surface area (Å²) in [4.78, 5) is 6.42. The van der Waals surface area contributed by atoms with Gasteiger partial charge in [-0.25, -0.2) is 4.98 Å². The zero-order chi connectivity index (χ0) is 8.04. The van der Waals surface area contributed by atoms with Crippen molar-refractivity contribution in [2.75, 3.05) is 0 Å². The second kappa shape index (κ2) is 6.69. The van der Waals surface area contributed by atoms with Crippen molar-refractivity contribution < 1.29 is 46.8 Å². The summed E-state index contributed by atoms with van der Waals surface area (Å²) in [7, 11) is -6.00. The number of hydrogen-bond donors (Lipinski definition) is 1. The van der Waals surface area contributed by atoms with Crippen LogP contribution in [-0.2, 0) is 0 Å². The quantitative estimate of drug-likeness (QED) is 0.388. The van der Waals surface area contributed by atoms with Crippen LogP contribution in [0.15, 0.2) is 18.7 Å². The largest absolute Gasteiger partial charge is 1.00 e. The van der Waals surface area contributed by atoms with Gasteiger partial charge in [0.1, 0.15) is 0 Å². The molecule has 1 rings (SSSR count). The Hall–Kier alpha value is -0.00506. The van der Waals surface area contributed by atoms with E-state index in [1.165, 1.54) is 0 Å². The molecule has 0 saturated heterocycles. The van der Waals surface area contributed by atoms with Crippen LogP contribution in [0.3, 0.4) is 0 Å². The smallest absolute Gasteiger partial charge is 0.418 e. The second-order valence-corrected chi connectivity index (χ2v) is 1.26. The van der Waals surface area contributed by atoms with Gasteiger partial charge in [0.25, 0.3) is 0 Å². The number of aromatic amines is 1. The third-order valence-corrected chi connectivity index (χ3v) is 0.406. The maximum atomic E-state index is 9.75. The number of aromatic nitrogens is 2. The SMILES string of the molecule is F[B-](F)(F)F.[Na+].c1c[nH]cn1. The Morgan fingerprint density at radius 2 is 1.64 bits per heavy atom. The van der Waals surface area contributed by atoms with Crippen molar-refractivity contribution in [3.05, 3.63) is 18.7 Å². The van der Waals surface area contributed by atoms with E-state index in [1.807, 2.05) is 0 Å². The molecule has 0 aliphatic rings. The van der Waals surface area contributed by atoms with E-state index < -0.39 is 7.25 Å². The molecule has 0 spiro atoms. The van der Waals surface area contributed by atoms with Gasteiger partial charge in [-0.2, -0.15) is 0 Å². The van der Waals surface area contributed by atoms with E-state index in [4.69, 9.17) is 0 Å². The monoisotopic (exact) mass is 178 g/mol. The van der Waals surface area contributed by atoms with Gasteiger partial charge in [0, 0.05) is 12.4 Å². The van der Waals surface area contributed by atoms with Crippen LogP contribution in [0.4, 0.5) is 17.3 Å². The number of imidazole rings is 1. The van der Waals surface area contributed by atoms with Gasteiger partial charge in [0.15, 0.2) is 0 Å². The summed E-state index contributed by atoms with van der Waals surface area (Å²) in [5.74, 6) is 0. The fourth-order valence-corrected chi connectivity index (χ4v) is 0.215. The van der Waals surface area contributed by atoms with E-state index in [-0.39, 0.29) is 29.6 Å². The first-order valence-electron chi connectivity index (χ1n) is 2.30. The maximum Gasteiger partial charge on any atom is 1.00 e. The van der Waals surface area contributed by atoms with Crippen molar-refractivity contribution in [3.8, 4) is 0 Å². The third-order valence-electron chi connectivity index (χ3n) is 0.406. The average Bonchev–Trinajstić information content (AvgIpc) is 2.07. The third kappa shape index (κ3) is 25.6. The molecule has 0 fully saturated rings. The summed E-state index contributed by atoms with van der Waals surface area (Å²) >= 11 is 0. The summed E-state index contributed by atoms with van der Waals surface area (Å²) in [5.41, 5.74) is 0. The predicted molar refractivity (Wildman–Crippen MR) is 28.8 cm³/mol. The minimum absolute atomic E-state index is 0. The van der Waals surface area contributed by atoms with Crippen LogP contribution in [-0.4, -0.2) is 17.2 Å². The molecule has 0 aliphatic carbocycles. The second-order valence-electron chi connectivity index (χ2n) is 1.26. The number of nitrogens with one attached hydrogen (secondary N) is 1. The molecule has 58 valence electrons. The van der Waals surface area contributed by atoms with Crippen LogP contribution < -0.4 is 29.6 Å². The van der Waals surface area contributed by atoms with Crippen molar-refractivity contribution in [1.29, 1.82) is 0 Å². The molecule has 8 heteroatoms. The molecule has 0 unspecified atom stereocenters. The zero-order valence-corrected chi connectivity index (χ0v) is 7.77. The molecule has 1 aromatic heterocycles. The molecular weight excluding hydrogens is 174 g/mol. The van der Waals surface area contributed by atoms with Crippen molar-refractivity contribution >= 4 is 7.25 Å². The first kappa shape index (κ1) is 13.6. The topological polar surface area (TPSA) is 28.7 Å². The van der Waals surface area contributed by atoms with E-state index in [0.717, 1.165) is 0 Å². The summed E-state index contributed by atoms with van der Waals surface area (Å²) in [6.07, 6.45) is 5.08. The molecule has 11 heavy (non-hydrogen) atoms. The maximum absolute atomic E-state index is 9.75. The Bertz CT molecular complexity index is 130. The zero-order valence-electron chi connectivity index (χ0n) is 5.77. The number of halogens is 4. The molecular formula is C3H4BF4N2Na. The van der Waals surface area contributed by atoms with Gasteiger partial charge in [0.05, 0.1) is 6.33 Å². The van der Waals surface area contributed by atoms with E-state index in [2.05, 4.69) is 9.97 Å². The molecule has 0 aromatic carbocycles. The van der Waals surface area contributed by atoms with Crippen molar-refractivity contribution in [2.45, 2.75) is 0 Å². The number of hydrogen-bond acceptors (Lipinski definition) is 1. The standard InChI is InChI=1S/C3H4N2.BF4.Na/c1-2-5-3-4-1;2-1(3,4)5;/h1-3H,(H,4,5);;/q;-1;+1. The molecule has 1 N–H and O–H groups in total. The summed E-state index contributed by atoms with van der Waals surface area (Å²) in [6, 6.07) is 0. The molecule has 0 saturated carbocycles. The molecule has 1 heterocycles. The van der Waals surface area contributed by atoms with Gasteiger partial charge in [-0.15, -0.1) is 0 Å². The first-order valence-corrected chi connectivity index (χ1v) is 2.30. The van der Waals surface area contributed by atoms with Crippen LogP contribution >= 0.6 is 0 Å². The van der Waals surface area contributed by atoms with Gasteiger partial charge in [-0.3, -0.25) is 0 Å². The minimum Gasteiger partial charge on any atom is -0.418 e. The van der Waals surface area contributed by atoms with Crippen LogP contribution in [0.25, 0.3) is 0 Å². The van der Waals surface area contributed by atoms with E-state index in [9.17, 15) is 17.3 Å². The van der Waals surface area contributed by atoms with Crippen molar-refractivity contribution in [2.24, 2.45) is 0 Å². The molecule has 0 atom stereocenters. The average molecular weight is 178 g/mol. The minimum atomic E-state index is -6.00.